The average molecular weight is 411 g/mol. The molecule has 0 atom stereocenters. The van der Waals surface area contributed by atoms with Crippen molar-refractivity contribution in [2.24, 2.45) is 0 Å². The van der Waals surface area contributed by atoms with Crippen molar-refractivity contribution in [2.45, 2.75) is 20.8 Å². The summed E-state index contributed by atoms with van der Waals surface area (Å²) in [5, 5.41) is 0. The number of nitrogens with zero attached hydrogens (tertiary/aromatic N) is 1. The molecule has 1 aliphatic heterocycles. The van der Waals surface area contributed by atoms with Crippen molar-refractivity contribution in [2.75, 3.05) is 38.0 Å². The van der Waals surface area contributed by atoms with Gasteiger partial charge in [-0.2, -0.15) is 0 Å². The van der Waals surface area contributed by atoms with Gasteiger partial charge in [-0.15, -0.1) is 11.8 Å². The summed E-state index contributed by atoms with van der Waals surface area (Å²) in [5.41, 5.74) is 4.90. The minimum absolute atomic E-state index is 0.0966. The molecular weight excluding hydrogens is 386 g/mol. The SMILES string of the molecule is CCOc1cc(C(=O)NNC(=O)CN2CSCC2=O)cc(OCC)c1OCC. The van der Waals surface area contributed by atoms with Gasteiger partial charge in [0.25, 0.3) is 11.8 Å². The Balaban J connectivity index is 2.08. The highest BCUT2D eigenvalue weighted by atomic mass is 32.2. The second-order valence-electron chi connectivity index (χ2n) is 5.67. The number of carbonyl (C=O) groups is 3. The number of hydrogen-bond acceptors (Lipinski definition) is 7. The van der Waals surface area contributed by atoms with Crippen LogP contribution in [0.3, 0.4) is 0 Å². The van der Waals surface area contributed by atoms with Gasteiger partial charge in [-0.25, -0.2) is 0 Å². The topological polar surface area (TPSA) is 106 Å². The van der Waals surface area contributed by atoms with Crippen molar-refractivity contribution in [3.63, 3.8) is 0 Å². The summed E-state index contributed by atoms with van der Waals surface area (Å²) in [4.78, 5) is 37.4. The van der Waals surface area contributed by atoms with Crippen LogP contribution >= 0.6 is 11.8 Å². The predicted molar refractivity (Wildman–Crippen MR) is 105 cm³/mol. The van der Waals surface area contributed by atoms with Gasteiger partial charge in [0.15, 0.2) is 11.5 Å². The molecule has 2 rings (SSSR count). The molecule has 1 heterocycles. The fraction of sp³-hybridized carbons (Fsp3) is 0.500. The third kappa shape index (κ3) is 5.69. The van der Waals surface area contributed by atoms with Crippen LogP contribution in [0.5, 0.6) is 17.2 Å². The van der Waals surface area contributed by atoms with Crippen molar-refractivity contribution in [1.82, 2.24) is 15.8 Å². The van der Waals surface area contributed by atoms with Crippen LogP contribution in [0, 0.1) is 0 Å². The van der Waals surface area contributed by atoms with E-state index in [9.17, 15) is 14.4 Å². The van der Waals surface area contributed by atoms with Gasteiger partial charge in [0, 0.05) is 5.56 Å². The van der Waals surface area contributed by atoms with E-state index < -0.39 is 11.8 Å². The predicted octanol–water partition coefficient (Wildman–Crippen LogP) is 1.18. The molecule has 0 spiro atoms. The van der Waals surface area contributed by atoms with E-state index in [1.807, 2.05) is 20.8 Å². The lowest BCUT2D eigenvalue weighted by Gasteiger charge is -2.17. The maximum Gasteiger partial charge on any atom is 0.269 e. The first-order valence-electron chi connectivity index (χ1n) is 9.01. The number of hydrazine groups is 1. The molecule has 0 aromatic heterocycles. The summed E-state index contributed by atoms with van der Waals surface area (Å²) in [6.45, 7) is 6.55. The Bertz CT molecular complexity index is 700. The Morgan fingerprint density at radius 2 is 1.64 bits per heavy atom. The van der Waals surface area contributed by atoms with Crippen molar-refractivity contribution < 1.29 is 28.6 Å². The van der Waals surface area contributed by atoms with Crippen LogP contribution in [0.15, 0.2) is 12.1 Å². The lowest BCUT2D eigenvalue weighted by atomic mass is 10.1. The van der Waals surface area contributed by atoms with Crippen molar-refractivity contribution >= 4 is 29.5 Å². The smallest absolute Gasteiger partial charge is 0.269 e. The third-order valence-electron chi connectivity index (χ3n) is 3.65. The molecule has 154 valence electrons. The van der Waals surface area contributed by atoms with E-state index in [1.54, 1.807) is 0 Å². The Morgan fingerprint density at radius 1 is 1.04 bits per heavy atom. The first kappa shape index (κ1) is 21.7. The van der Waals surface area contributed by atoms with Gasteiger partial charge in [-0.3, -0.25) is 25.2 Å². The average Bonchev–Trinajstić information content (AvgIpc) is 3.07. The first-order valence-corrected chi connectivity index (χ1v) is 10.2. The molecule has 10 heteroatoms. The van der Waals surface area contributed by atoms with Gasteiger partial charge < -0.3 is 19.1 Å². The first-order chi connectivity index (χ1) is 13.5. The van der Waals surface area contributed by atoms with Gasteiger partial charge in [0.2, 0.25) is 11.7 Å². The van der Waals surface area contributed by atoms with E-state index in [0.29, 0.717) is 48.7 Å². The second kappa shape index (κ2) is 10.6. The summed E-state index contributed by atoms with van der Waals surface area (Å²) in [6.07, 6.45) is 0. The molecule has 0 saturated carbocycles. The minimum atomic E-state index is -0.541. The molecule has 0 radical (unpaired) electrons. The lowest BCUT2D eigenvalue weighted by Crippen LogP contribution is -2.46. The van der Waals surface area contributed by atoms with E-state index in [1.165, 1.54) is 28.8 Å². The van der Waals surface area contributed by atoms with Crippen LogP contribution in [-0.4, -0.2) is 60.6 Å². The highest BCUT2D eigenvalue weighted by Gasteiger charge is 2.23. The number of thioether (sulfide) groups is 1. The monoisotopic (exact) mass is 411 g/mol. The fourth-order valence-corrected chi connectivity index (χ4v) is 3.38. The molecule has 1 saturated heterocycles. The van der Waals surface area contributed by atoms with Crippen molar-refractivity contribution in [1.29, 1.82) is 0 Å². The highest BCUT2D eigenvalue weighted by Crippen LogP contribution is 2.39. The zero-order chi connectivity index (χ0) is 20.5. The lowest BCUT2D eigenvalue weighted by molar-refractivity contribution is -0.132. The number of hydrogen-bond donors (Lipinski definition) is 2. The van der Waals surface area contributed by atoms with Crippen molar-refractivity contribution in [3.8, 4) is 17.2 Å². The van der Waals surface area contributed by atoms with E-state index in [2.05, 4.69) is 10.9 Å². The summed E-state index contributed by atoms with van der Waals surface area (Å²) in [5.74, 6) is 0.905. The Kier molecular flexibility index (Phi) is 8.24. The van der Waals surface area contributed by atoms with Crippen LogP contribution in [0.1, 0.15) is 31.1 Å². The molecule has 2 N–H and O–H groups in total. The summed E-state index contributed by atoms with van der Waals surface area (Å²) in [7, 11) is 0. The third-order valence-corrected chi connectivity index (χ3v) is 4.59. The molecule has 0 unspecified atom stereocenters. The van der Waals surface area contributed by atoms with Crippen LogP contribution in [0.2, 0.25) is 0 Å². The number of ether oxygens (including phenoxy) is 3. The molecule has 1 aromatic rings. The Hall–Kier alpha value is -2.62. The number of nitrogens with one attached hydrogen (secondary N) is 2. The molecule has 9 nitrogen and oxygen atoms in total. The maximum atomic E-state index is 12.5. The van der Waals surface area contributed by atoms with Gasteiger partial charge in [0.05, 0.1) is 31.5 Å². The molecule has 0 bridgehead atoms. The van der Waals surface area contributed by atoms with Gasteiger partial charge in [0.1, 0.15) is 6.54 Å². The van der Waals surface area contributed by atoms with E-state index in [4.69, 9.17) is 14.2 Å². The standard InChI is InChI=1S/C18H25N3O6S/c1-4-25-13-7-12(8-14(26-5-2)17(13)27-6-3)18(24)20-19-15(22)9-21-11-28-10-16(21)23/h7-8H,4-6,9-11H2,1-3H3,(H,19,22)(H,20,24). The second-order valence-corrected chi connectivity index (χ2v) is 6.63. The van der Waals surface area contributed by atoms with Crippen LogP contribution in [0.4, 0.5) is 0 Å². The van der Waals surface area contributed by atoms with Crippen LogP contribution < -0.4 is 25.1 Å². The quantitative estimate of drug-likeness (QED) is 0.588. The summed E-state index contributed by atoms with van der Waals surface area (Å²) in [6, 6.07) is 3.05. The van der Waals surface area contributed by atoms with E-state index in [0.717, 1.165) is 0 Å². The van der Waals surface area contributed by atoms with Gasteiger partial charge >= 0.3 is 0 Å². The van der Waals surface area contributed by atoms with Crippen molar-refractivity contribution in [3.05, 3.63) is 17.7 Å². The largest absolute Gasteiger partial charge is 0.490 e. The maximum absolute atomic E-state index is 12.5. The van der Waals surface area contributed by atoms with Crippen LogP contribution in [-0.2, 0) is 9.59 Å². The molecule has 3 amide bonds. The van der Waals surface area contributed by atoms with E-state index >= 15 is 0 Å². The molecular formula is C18H25N3O6S. The number of carbonyl (C=O) groups excluding carboxylic acids is 3. The molecule has 28 heavy (non-hydrogen) atoms. The number of rotatable bonds is 9. The zero-order valence-electron chi connectivity index (χ0n) is 16.2. The normalized spacial score (nSPS) is 13.2. The summed E-state index contributed by atoms with van der Waals surface area (Å²) < 4.78 is 16.7. The summed E-state index contributed by atoms with van der Waals surface area (Å²) >= 11 is 1.44. The van der Waals surface area contributed by atoms with Crippen LogP contribution in [0.25, 0.3) is 0 Å². The zero-order valence-corrected chi connectivity index (χ0v) is 17.0. The van der Waals surface area contributed by atoms with E-state index in [-0.39, 0.29) is 18.0 Å². The molecule has 0 aliphatic carbocycles. The Labute approximate surface area is 168 Å². The molecule has 1 aromatic carbocycles. The fourth-order valence-electron chi connectivity index (χ4n) is 2.47. The molecule has 1 fully saturated rings. The highest BCUT2D eigenvalue weighted by molar-refractivity contribution is 8.00. The van der Waals surface area contributed by atoms with Gasteiger partial charge in [-0.1, -0.05) is 0 Å². The Morgan fingerprint density at radius 3 is 2.14 bits per heavy atom. The van der Waals surface area contributed by atoms with Gasteiger partial charge in [-0.05, 0) is 32.9 Å². The minimum Gasteiger partial charge on any atom is -0.490 e. The number of benzene rings is 1. The number of amides is 3. The molecule has 1 aliphatic rings.